The smallest absolute Gasteiger partial charge is 0.263 e. The van der Waals surface area contributed by atoms with Crippen molar-refractivity contribution in [3.8, 4) is 33.4 Å². The van der Waals surface area contributed by atoms with Crippen molar-refractivity contribution in [2.45, 2.75) is 12.3 Å². The number of para-hydroxylation sites is 4. The largest absolute Gasteiger partial charge is 0.455 e. The molecule has 1 unspecified atom stereocenters. The van der Waals surface area contributed by atoms with Gasteiger partial charge in [0.2, 0.25) is 0 Å². The van der Waals surface area contributed by atoms with E-state index >= 15 is 0 Å². The van der Waals surface area contributed by atoms with Crippen LogP contribution in [0.3, 0.4) is 0 Å². The summed E-state index contributed by atoms with van der Waals surface area (Å²) < 4.78 is 14.9. The number of allylic oxidation sites excluding steroid dienone is 1. The van der Waals surface area contributed by atoms with Crippen LogP contribution in [0.4, 0.5) is 0 Å². The van der Waals surface area contributed by atoms with Crippen molar-refractivity contribution in [3.05, 3.63) is 203 Å². The Kier molecular flexibility index (Phi) is 6.68. The lowest BCUT2D eigenvalue weighted by molar-refractivity contribution is 0.669. The van der Waals surface area contributed by atoms with E-state index in [0.717, 1.165) is 116 Å². The van der Waals surface area contributed by atoms with Crippen molar-refractivity contribution < 1.29 is 8.83 Å². The highest BCUT2D eigenvalue weighted by Gasteiger charge is 2.27. The maximum atomic E-state index is 14.4. The van der Waals surface area contributed by atoms with Crippen molar-refractivity contribution in [1.82, 2.24) is 4.40 Å². The van der Waals surface area contributed by atoms with Gasteiger partial charge in [-0.15, -0.1) is 0 Å². The predicted molar refractivity (Wildman–Crippen MR) is 243 cm³/mol. The van der Waals surface area contributed by atoms with Gasteiger partial charge in [-0.05, 0) is 87.7 Å². The van der Waals surface area contributed by atoms with Crippen LogP contribution < -0.4 is 5.56 Å². The van der Waals surface area contributed by atoms with E-state index in [1.807, 2.05) is 46.9 Å². The van der Waals surface area contributed by atoms with Gasteiger partial charge in [-0.25, -0.2) is 0 Å². The van der Waals surface area contributed by atoms with Gasteiger partial charge in [-0.3, -0.25) is 9.20 Å². The number of aromatic nitrogens is 1. The number of benzene rings is 8. The molecule has 0 radical (unpaired) electrons. The topological polar surface area (TPSA) is 47.8 Å². The van der Waals surface area contributed by atoms with E-state index in [2.05, 4.69) is 140 Å². The summed E-state index contributed by atoms with van der Waals surface area (Å²) in [6, 6.07) is 59.6. The van der Waals surface area contributed by atoms with Crippen LogP contribution >= 0.6 is 0 Å². The summed E-state index contributed by atoms with van der Waals surface area (Å²) in [6.45, 7) is 0. The number of pyridine rings is 1. The Hall–Kier alpha value is -7.69. The fraction of sp³-hybridized carbons (Fsp3) is 0.0364. The molecule has 1 atom stereocenters. The van der Waals surface area contributed by atoms with Gasteiger partial charge in [-0.2, -0.15) is 0 Å². The molecule has 0 bridgehead atoms. The Morgan fingerprint density at radius 2 is 1.02 bits per heavy atom. The van der Waals surface area contributed by atoms with Gasteiger partial charge in [-0.1, -0.05) is 140 Å². The normalized spacial score (nSPS) is 14.2. The maximum Gasteiger partial charge on any atom is 0.263 e. The van der Waals surface area contributed by atoms with Crippen molar-refractivity contribution in [3.63, 3.8) is 0 Å². The molecular formula is C55H33NO3. The Bertz CT molecular complexity index is 3800. The first kappa shape index (κ1) is 32.4. The zero-order valence-corrected chi connectivity index (χ0v) is 31.8. The molecule has 8 aromatic carbocycles. The quantitative estimate of drug-likeness (QED) is 0.168. The lowest BCUT2D eigenvalue weighted by Gasteiger charge is -2.19. The number of rotatable bonds is 4. The molecule has 0 N–H and O–H groups in total. The Morgan fingerprint density at radius 1 is 0.458 bits per heavy atom. The van der Waals surface area contributed by atoms with Gasteiger partial charge >= 0.3 is 0 Å². The standard InChI is InChI=1S/C55H33NO3/c57-55-45-18-2-1-15-40(45)47-30-37(33-12-8-14-36(28-33)39-20-10-22-44-42-17-4-6-24-51(42)59-54(39)44)31-48-46-29-34(25-26-49(46)56(55)52(47)48)32-11-7-13-35(27-32)38-19-9-21-43-41-16-3-5-23-50(41)58-53(38)43/h1-28,30-31,34H,29H2. The fourth-order valence-corrected chi connectivity index (χ4v) is 9.97. The van der Waals surface area contributed by atoms with Crippen LogP contribution in [-0.2, 0) is 6.42 Å². The second kappa shape index (κ2) is 12.2. The molecule has 4 nitrogen and oxygen atoms in total. The number of hydrogen-bond acceptors (Lipinski definition) is 3. The second-order valence-electron chi connectivity index (χ2n) is 15.9. The molecule has 0 aliphatic heterocycles. The van der Waals surface area contributed by atoms with E-state index in [0.29, 0.717) is 0 Å². The monoisotopic (exact) mass is 755 g/mol. The number of nitrogens with zero attached hydrogens (tertiary/aromatic N) is 1. The third-order valence-electron chi connectivity index (χ3n) is 12.7. The van der Waals surface area contributed by atoms with Crippen molar-refractivity contribution in [1.29, 1.82) is 0 Å². The van der Waals surface area contributed by atoms with Crippen LogP contribution in [0.1, 0.15) is 22.7 Å². The van der Waals surface area contributed by atoms with Gasteiger partial charge in [0, 0.05) is 54.7 Å². The first-order valence-electron chi connectivity index (χ1n) is 20.2. The zero-order chi connectivity index (χ0) is 38.8. The minimum absolute atomic E-state index is 0.0250. The molecule has 0 spiro atoms. The second-order valence-corrected chi connectivity index (χ2v) is 15.9. The highest BCUT2D eigenvalue weighted by Crippen LogP contribution is 2.44. The summed E-state index contributed by atoms with van der Waals surface area (Å²) in [4.78, 5) is 14.4. The average Bonchev–Trinajstić information content (AvgIpc) is 3.98. The lowest BCUT2D eigenvalue weighted by Crippen LogP contribution is -2.15. The molecule has 0 saturated carbocycles. The molecule has 0 amide bonds. The van der Waals surface area contributed by atoms with Gasteiger partial charge in [0.25, 0.3) is 5.56 Å². The van der Waals surface area contributed by atoms with Crippen LogP contribution in [0.25, 0.3) is 110 Å². The van der Waals surface area contributed by atoms with Crippen LogP contribution in [0.5, 0.6) is 0 Å². The Labute approximate surface area is 337 Å². The molecular weight excluding hydrogens is 723 g/mol. The van der Waals surface area contributed by atoms with Crippen LogP contribution in [0.15, 0.2) is 190 Å². The molecule has 0 fully saturated rings. The van der Waals surface area contributed by atoms with Crippen LogP contribution in [0.2, 0.25) is 0 Å². The summed E-state index contributed by atoms with van der Waals surface area (Å²) in [7, 11) is 0. The van der Waals surface area contributed by atoms with Crippen LogP contribution in [-0.4, -0.2) is 4.40 Å². The van der Waals surface area contributed by atoms with Crippen molar-refractivity contribution in [2.75, 3.05) is 0 Å². The first-order valence-corrected chi connectivity index (χ1v) is 20.2. The lowest BCUT2D eigenvalue weighted by atomic mass is 9.85. The molecule has 4 heterocycles. The summed E-state index contributed by atoms with van der Waals surface area (Å²) in [5.41, 5.74) is 14.6. The van der Waals surface area contributed by atoms with Crippen molar-refractivity contribution >= 4 is 77.0 Å². The number of furan rings is 2. The molecule has 13 rings (SSSR count). The van der Waals surface area contributed by atoms with E-state index in [1.165, 1.54) is 11.1 Å². The van der Waals surface area contributed by atoms with E-state index in [-0.39, 0.29) is 11.5 Å². The van der Waals surface area contributed by atoms with E-state index in [9.17, 15) is 4.79 Å². The zero-order valence-electron chi connectivity index (χ0n) is 31.8. The minimum Gasteiger partial charge on any atom is -0.455 e. The molecule has 1 aliphatic rings. The summed E-state index contributed by atoms with van der Waals surface area (Å²) >= 11 is 0. The van der Waals surface area contributed by atoms with Gasteiger partial charge in [0.15, 0.2) is 0 Å². The Balaban J connectivity index is 0.967. The third-order valence-corrected chi connectivity index (χ3v) is 12.7. The molecule has 0 saturated heterocycles. The predicted octanol–water partition coefficient (Wildman–Crippen LogP) is 14.2. The van der Waals surface area contributed by atoms with Gasteiger partial charge in [0.1, 0.15) is 22.3 Å². The van der Waals surface area contributed by atoms with Gasteiger partial charge < -0.3 is 8.83 Å². The summed E-state index contributed by atoms with van der Waals surface area (Å²) in [5.74, 6) is 0.120. The highest BCUT2D eigenvalue weighted by molar-refractivity contribution is 6.16. The highest BCUT2D eigenvalue weighted by atomic mass is 16.3. The van der Waals surface area contributed by atoms with Crippen LogP contribution in [0, 0.1) is 0 Å². The summed E-state index contributed by atoms with van der Waals surface area (Å²) in [6.07, 6.45) is 5.23. The maximum absolute atomic E-state index is 14.4. The Morgan fingerprint density at radius 3 is 1.73 bits per heavy atom. The molecule has 276 valence electrons. The SMILES string of the molecule is O=c1c2ccccc2c2cc(-c3cccc(-c4cccc5c4oc4ccccc45)c3)cc3c4c(n1c32)C=CC(c1cccc(-c2cccc3c2oc2ccccc23)c1)C4. The molecule has 4 aromatic heterocycles. The first-order chi connectivity index (χ1) is 29.2. The number of fused-ring (bicyclic) bond motifs is 11. The molecule has 4 heteroatoms. The molecule has 12 aromatic rings. The van der Waals surface area contributed by atoms with Gasteiger partial charge in [0.05, 0.1) is 11.2 Å². The van der Waals surface area contributed by atoms with E-state index in [1.54, 1.807) is 0 Å². The average molecular weight is 756 g/mol. The van der Waals surface area contributed by atoms with E-state index in [4.69, 9.17) is 8.83 Å². The fourth-order valence-electron chi connectivity index (χ4n) is 9.97. The van der Waals surface area contributed by atoms with E-state index < -0.39 is 0 Å². The molecule has 1 aliphatic carbocycles. The molecule has 59 heavy (non-hydrogen) atoms. The third kappa shape index (κ3) is 4.69. The number of hydrogen-bond donors (Lipinski definition) is 0. The van der Waals surface area contributed by atoms with Crippen molar-refractivity contribution in [2.24, 2.45) is 0 Å². The minimum atomic E-state index is 0.0250. The summed E-state index contributed by atoms with van der Waals surface area (Å²) in [5, 5.41) is 8.39.